The molecule has 0 aliphatic heterocycles. The third kappa shape index (κ3) is 9.78. The van der Waals surface area contributed by atoms with Gasteiger partial charge in [-0.3, -0.25) is 4.98 Å². The molecule has 7 nitrogen and oxygen atoms in total. The van der Waals surface area contributed by atoms with E-state index in [1.807, 2.05) is 0 Å². The third-order valence-corrected chi connectivity index (χ3v) is 0.782. The Bertz CT molecular complexity index is 333. The summed E-state index contributed by atoms with van der Waals surface area (Å²) in [6, 6.07) is 0. The van der Waals surface area contributed by atoms with E-state index in [0.29, 0.717) is 0 Å². The Kier molecular flexibility index (Phi) is 10.7. The first-order valence-corrected chi connectivity index (χ1v) is 4.56. The zero-order valence-corrected chi connectivity index (χ0v) is 10.6. The van der Waals surface area contributed by atoms with Crippen molar-refractivity contribution in [3.63, 3.8) is 0 Å². The number of carboxylic acids is 1. The van der Waals surface area contributed by atoms with Gasteiger partial charge in [0.2, 0.25) is 0 Å². The van der Waals surface area contributed by atoms with Crippen molar-refractivity contribution in [2.24, 2.45) is 0 Å². The van der Waals surface area contributed by atoms with Crippen molar-refractivity contribution in [2.75, 3.05) is 0 Å². The predicted octanol–water partition coefficient (Wildman–Crippen LogP) is -4.25. The molecule has 1 aromatic rings. The van der Waals surface area contributed by atoms with Crippen LogP contribution < -0.4 is 33.6 Å². The van der Waals surface area contributed by atoms with Crippen LogP contribution in [0.2, 0.25) is 0 Å². The quantitative estimate of drug-likeness (QED) is 0.498. The monoisotopic (exact) mass is 246 g/mol. The van der Waals surface area contributed by atoms with E-state index in [9.17, 15) is 4.79 Å². The Morgan fingerprint density at radius 2 is 1.93 bits per heavy atom. The third-order valence-electron chi connectivity index (χ3n) is 0.782. The van der Waals surface area contributed by atoms with Crippen molar-refractivity contribution in [3.8, 4) is 0 Å². The summed E-state index contributed by atoms with van der Waals surface area (Å²) in [6.07, 6.45) is 3.96. The van der Waals surface area contributed by atoms with Crippen molar-refractivity contribution < 1.29 is 66.2 Å². The molecular weight excluding hydrogens is 242 g/mol. The Hall–Kier alpha value is -0.306. The molecule has 14 heavy (non-hydrogen) atoms. The molecule has 0 aliphatic carbocycles. The van der Waals surface area contributed by atoms with Gasteiger partial charge in [-0.05, 0) is 0 Å². The second kappa shape index (κ2) is 9.26. The fourth-order valence-electron chi connectivity index (χ4n) is 0.410. The van der Waals surface area contributed by atoms with E-state index in [1.165, 1.54) is 18.6 Å². The van der Waals surface area contributed by atoms with Gasteiger partial charge in [0.05, 0.1) is 6.20 Å². The zero-order chi connectivity index (χ0) is 10.3. The minimum absolute atomic E-state index is 0. The van der Waals surface area contributed by atoms with Gasteiger partial charge in [0.1, 0.15) is 0 Å². The molecule has 0 aliphatic rings. The molecule has 0 bridgehead atoms. The van der Waals surface area contributed by atoms with Crippen LogP contribution in [0.15, 0.2) is 18.6 Å². The van der Waals surface area contributed by atoms with Crippen LogP contribution in [0.5, 0.6) is 0 Å². The summed E-state index contributed by atoms with van der Waals surface area (Å²) in [5.41, 5.74) is -0.0301. The molecular formula is C5H4N2NaO5V. The van der Waals surface area contributed by atoms with E-state index in [-0.39, 0.29) is 35.3 Å². The summed E-state index contributed by atoms with van der Waals surface area (Å²) in [6.45, 7) is 0. The first-order chi connectivity index (χ1) is 6.04. The standard InChI is InChI=1S/C5H4N2O2.Na.3O.V/c8-5(9)4-3-6-1-2-7-4;;;;;/h1-3H,(H,8,9);;;;;/q;+1;;;-1;. The van der Waals surface area contributed by atoms with Crippen LogP contribution in [-0.2, 0) is 22.7 Å². The zero-order valence-electron chi connectivity index (χ0n) is 7.15. The average molecular weight is 246 g/mol. The molecule has 1 aromatic heterocycles. The number of rotatable bonds is 1. The first kappa shape index (κ1) is 16.1. The van der Waals surface area contributed by atoms with Crippen LogP contribution in [0.25, 0.3) is 0 Å². The molecule has 1 rings (SSSR count). The van der Waals surface area contributed by atoms with Crippen LogP contribution in [0, 0.1) is 0 Å². The predicted molar refractivity (Wildman–Crippen MR) is 30.4 cm³/mol. The molecule has 0 unspecified atom stereocenters. The number of aromatic carboxylic acids is 1. The molecule has 0 aromatic carbocycles. The van der Waals surface area contributed by atoms with Gasteiger partial charge in [0.25, 0.3) is 0 Å². The van der Waals surface area contributed by atoms with Crippen molar-refractivity contribution in [1.29, 1.82) is 0 Å². The van der Waals surface area contributed by atoms with Gasteiger partial charge in [-0.25, -0.2) is 9.78 Å². The summed E-state index contributed by atoms with van der Waals surface area (Å²) in [5.74, 6) is -1.05. The minimum atomic E-state index is -3.94. The Labute approximate surface area is 106 Å². The molecule has 70 valence electrons. The fraction of sp³-hybridized carbons (Fsp3) is 0. The van der Waals surface area contributed by atoms with Gasteiger partial charge in [-0.15, -0.1) is 0 Å². The summed E-state index contributed by atoms with van der Waals surface area (Å²) < 4.78 is 25.7. The summed E-state index contributed by atoms with van der Waals surface area (Å²) in [4.78, 5) is 17.2. The average Bonchev–Trinajstić information content (AvgIpc) is 2.05. The van der Waals surface area contributed by atoms with Gasteiger partial charge in [-0.2, -0.15) is 0 Å². The molecule has 0 spiro atoms. The van der Waals surface area contributed by atoms with Crippen LogP contribution in [0.1, 0.15) is 10.5 Å². The van der Waals surface area contributed by atoms with Gasteiger partial charge >= 0.3 is 62.3 Å². The van der Waals surface area contributed by atoms with Gasteiger partial charge in [-0.1, -0.05) is 0 Å². The molecule has 0 saturated heterocycles. The van der Waals surface area contributed by atoms with E-state index in [0.717, 1.165) is 0 Å². The number of nitrogens with zero attached hydrogens (tertiary/aromatic N) is 2. The number of hydrogen-bond acceptors (Lipinski definition) is 6. The van der Waals surface area contributed by atoms with Crippen LogP contribution >= 0.6 is 0 Å². The molecule has 0 fully saturated rings. The molecule has 0 saturated carbocycles. The van der Waals surface area contributed by atoms with Crippen LogP contribution in [-0.4, -0.2) is 21.0 Å². The van der Waals surface area contributed by atoms with Gasteiger partial charge in [0, 0.05) is 12.4 Å². The van der Waals surface area contributed by atoms with Crippen molar-refractivity contribution >= 4 is 5.97 Å². The number of aromatic nitrogens is 2. The molecule has 1 heterocycles. The molecule has 1 N–H and O–H groups in total. The van der Waals surface area contributed by atoms with Crippen molar-refractivity contribution in [3.05, 3.63) is 24.3 Å². The van der Waals surface area contributed by atoms with E-state index in [1.54, 1.807) is 0 Å². The number of carbonyl (C=O) groups is 1. The molecule has 0 amide bonds. The Morgan fingerprint density at radius 1 is 1.43 bits per heavy atom. The molecule has 9 heteroatoms. The SMILES string of the molecule is O=C(O)c1cnccn1.[Na+].[O]=[V](=[O])[O-]. The number of hydrogen-bond donors (Lipinski definition) is 1. The second-order valence-electron chi connectivity index (χ2n) is 1.62. The Morgan fingerprint density at radius 3 is 2.14 bits per heavy atom. The van der Waals surface area contributed by atoms with Crippen LogP contribution in [0.4, 0.5) is 0 Å². The van der Waals surface area contributed by atoms with Gasteiger partial charge < -0.3 is 5.11 Å². The van der Waals surface area contributed by atoms with E-state index < -0.39 is 21.4 Å². The first-order valence-electron chi connectivity index (χ1n) is 2.85. The second-order valence-corrected chi connectivity index (χ2v) is 2.32. The van der Waals surface area contributed by atoms with E-state index in [2.05, 4.69) is 9.97 Å². The number of carboxylic acid groups (broad SMARTS) is 1. The van der Waals surface area contributed by atoms with Gasteiger partial charge in [0.15, 0.2) is 5.69 Å². The summed E-state index contributed by atoms with van der Waals surface area (Å²) >= 11 is -3.94. The topological polar surface area (TPSA) is 120 Å². The van der Waals surface area contributed by atoms with Crippen LogP contribution in [0.3, 0.4) is 0 Å². The van der Waals surface area contributed by atoms with Crippen molar-refractivity contribution in [1.82, 2.24) is 9.97 Å². The maximum atomic E-state index is 10.1. The molecule has 0 atom stereocenters. The van der Waals surface area contributed by atoms with Crippen molar-refractivity contribution in [2.45, 2.75) is 0 Å². The fourth-order valence-corrected chi connectivity index (χ4v) is 0.410. The summed E-state index contributed by atoms with van der Waals surface area (Å²) in [5, 5.41) is 8.28. The summed E-state index contributed by atoms with van der Waals surface area (Å²) in [7, 11) is 0. The van der Waals surface area contributed by atoms with E-state index >= 15 is 0 Å². The Balaban J connectivity index is 0. The maximum absolute atomic E-state index is 10.1. The van der Waals surface area contributed by atoms with E-state index in [4.69, 9.17) is 16.5 Å². The molecule has 0 radical (unpaired) electrons. The normalized spacial score (nSPS) is 7.50.